The topological polar surface area (TPSA) is 24.8 Å². The van der Waals surface area contributed by atoms with Gasteiger partial charge in [-0.2, -0.15) is 0 Å². The van der Waals surface area contributed by atoms with Crippen molar-refractivity contribution in [2.75, 3.05) is 19.1 Å². The summed E-state index contributed by atoms with van der Waals surface area (Å²) in [6.07, 6.45) is 4.15. The fraction of sp³-hybridized carbons (Fsp3) is 0.318. The summed E-state index contributed by atoms with van der Waals surface area (Å²) in [6, 6.07) is 9.97. The lowest BCUT2D eigenvalue weighted by atomic mass is 9.88. The molecule has 136 valence electrons. The highest BCUT2D eigenvalue weighted by Gasteiger charge is 2.29. The fourth-order valence-electron chi connectivity index (χ4n) is 3.33. The number of fused-ring (bicyclic) bond motifs is 1. The second kappa shape index (κ2) is 6.81. The molecule has 0 saturated heterocycles. The van der Waals surface area contributed by atoms with Crippen LogP contribution in [0.4, 0.5) is 11.4 Å². The van der Waals surface area contributed by atoms with Gasteiger partial charge in [0.2, 0.25) is 0 Å². The first-order valence-electron chi connectivity index (χ1n) is 8.69. The van der Waals surface area contributed by atoms with E-state index in [1.54, 1.807) is 7.11 Å². The molecule has 26 heavy (non-hydrogen) atoms. The van der Waals surface area contributed by atoms with Gasteiger partial charge in [-0.1, -0.05) is 23.7 Å². The molecule has 1 aliphatic rings. The van der Waals surface area contributed by atoms with Crippen LogP contribution in [0.5, 0.6) is 5.75 Å². The highest BCUT2D eigenvalue weighted by Crippen LogP contribution is 2.41. The Kier molecular flexibility index (Phi) is 4.85. The van der Waals surface area contributed by atoms with E-state index in [4.69, 9.17) is 16.3 Å². The van der Waals surface area contributed by atoms with Gasteiger partial charge in [0.05, 0.1) is 18.3 Å². The Morgan fingerprint density at radius 1 is 1.15 bits per heavy atom. The molecule has 0 bridgehead atoms. The number of hydrogen-bond acceptors (Lipinski definition) is 3. The predicted molar refractivity (Wildman–Crippen MR) is 113 cm³/mol. The molecule has 2 aromatic carbocycles. The van der Waals surface area contributed by atoms with Crippen LogP contribution in [0.25, 0.3) is 5.57 Å². The van der Waals surface area contributed by atoms with Crippen molar-refractivity contribution < 1.29 is 4.74 Å². The third-order valence-corrected chi connectivity index (χ3v) is 5.32. The van der Waals surface area contributed by atoms with E-state index in [1.807, 2.05) is 31.3 Å². The Labute approximate surface area is 161 Å². The molecule has 0 unspecified atom stereocenters. The zero-order valence-electron chi connectivity index (χ0n) is 16.2. The second-order valence-electron chi connectivity index (χ2n) is 7.34. The van der Waals surface area contributed by atoms with Gasteiger partial charge in [0, 0.05) is 41.2 Å². The largest absolute Gasteiger partial charge is 0.496 e. The molecule has 0 spiro atoms. The summed E-state index contributed by atoms with van der Waals surface area (Å²) in [5, 5.41) is 0.683. The van der Waals surface area contributed by atoms with Crippen LogP contribution < -0.4 is 9.64 Å². The molecule has 1 aliphatic heterocycles. The van der Waals surface area contributed by atoms with Crippen molar-refractivity contribution in [3.63, 3.8) is 0 Å². The maximum absolute atomic E-state index is 6.10. The number of allylic oxidation sites excluding steroid dienone is 1. The summed E-state index contributed by atoms with van der Waals surface area (Å²) in [5.41, 5.74) is 6.50. The standard InChI is InChI=1S/C22H25ClN2O/c1-14-7-8-17(23)10-19(14)24-13-16-9-18-15(2)12-22(3,4)25(5)20(18)11-21(16)26-6/h7-13H,1-6H3. The van der Waals surface area contributed by atoms with Crippen LogP contribution in [0.1, 0.15) is 37.5 Å². The van der Waals surface area contributed by atoms with Crippen molar-refractivity contribution in [1.29, 1.82) is 0 Å². The normalized spacial score (nSPS) is 15.8. The molecule has 3 rings (SSSR count). The molecule has 0 aromatic heterocycles. The first-order valence-corrected chi connectivity index (χ1v) is 9.06. The number of ether oxygens (including phenoxy) is 1. The third kappa shape index (κ3) is 3.36. The molecule has 0 radical (unpaired) electrons. The van der Waals surface area contributed by atoms with Gasteiger partial charge in [0.1, 0.15) is 5.75 Å². The monoisotopic (exact) mass is 368 g/mol. The highest BCUT2D eigenvalue weighted by molar-refractivity contribution is 6.30. The molecule has 0 amide bonds. The van der Waals surface area contributed by atoms with Crippen molar-refractivity contribution >= 4 is 34.8 Å². The number of aliphatic imine (C=N–C) groups is 1. The van der Waals surface area contributed by atoms with E-state index < -0.39 is 0 Å². The quantitative estimate of drug-likeness (QED) is 0.617. The molecule has 1 heterocycles. The SMILES string of the molecule is COc1cc2c(cc1C=Nc1cc(Cl)ccc1C)C(C)=CC(C)(C)N2C. The van der Waals surface area contributed by atoms with Crippen LogP contribution in [0.2, 0.25) is 5.02 Å². The third-order valence-electron chi connectivity index (χ3n) is 5.08. The predicted octanol–water partition coefficient (Wildman–Crippen LogP) is 6.04. The number of likely N-dealkylation sites (N-methyl/N-ethyl adjacent to an activating group) is 1. The first-order chi connectivity index (χ1) is 12.2. The van der Waals surface area contributed by atoms with Crippen molar-refractivity contribution in [1.82, 2.24) is 0 Å². The van der Waals surface area contributed by atoms with Crippen molar-refractivity contribution in [3.05, 3.63) is 58.1 Å². The Balaban J connectivity index is 2.08. The van der Waals surface area contributed by atoms with Crippen molar-refractivity contribution in [2.45, 2.75) is 33.2 Å². The zero-order chi connectivity index (χ0) is 19.1. The molecule has 4 heteroatoms. The zero-order valence-corrected chi connectivity index (χ0v) is 17.0. The fourth-order valence-corrected chi connectivity index (χ4v) is 3.50. The Morgan fingerprint density at radius 3 is 2.58 bits per heavy atom. The molecular formula is C22H25ClN2O. The van der Waals surface area contributed by atoms with E-state index >= 15 is 0 Å². The van der Waals surface area contributed by atoms with E-state index in [0.717, 1.165) is 22.6 Å². The summed E-state index contributed by atoms with van der Waals surface area (Å²) < 4.78 is 5.64. The Bertz CT molecular complexity index is 913. The van der Waals surface area contributed by atoms with Gasteiger partial charge in [-0.25, -0.2) is 0 Å². The van der Waals surface area contributed by atoms with Gasteiger partial charge in [-0.3, -0.25) is 4.99 Å². The molecule has 2 aromatic rings. The summed E-state index contributed by atoms with van der Waals surface area (Å²) in [4.78, 5) is 6.92. The summed E-state index contributed by atoms with van der Waals surface area (Å²) in [5.74, 6) is 0.810. The molecule has 0 N–H and O–H groups in total. The maximum atomic E-state index is 6.10. The molecule has 3 nitrogen and oxygen atoms in total. The number of hydrogen-bond donors (Lipinski definition) is 0. The summed E-state index contributed by atoms with van der Waals surface area (Å²) >= 11 is 6.10. The van der Waals surface area contributed by atoms with E-state index in [1.165, 1.54) is 16.8 Å². The van der Waals surface area contributed by atoms with Crippen LogP contribution in [0.3, 0.4) is 0 Å². The van der Waals surface area contributed by atoms with E-state index in [-0.39, 0.29) is 5.54 Å². The number of anilines is 1. The lowest BCUT2D eigenvalue weighted by Gasteiger charge is -2.40. The highest BCUT2D eigenvalue weighted by atomic mass is 35.5. The second-order valence-corrected chi connectivity index (χ2v) is 7.78. The molecule has 0 atom stereocenters. The number of halogens is 1. The van der Waals surface area contributed by atoms with Crippen LogP contribution in [-0.2, 0) is 0 Å². The van der Waals surface area contributed by atoms with Gasteiger partial charge in [-0.15, -0.1) is 0 Å². The summed E-state index contributed by atoms with van der Waals surface area (Å²) in [7, 11) is 3.81. The van der Waals surface area contributed by atoms with E-state index in [9.17, 15) is 0 Å². The number of nitrogens with zero attached hydrogens (tertiary/aromatic N) is 2. The van der Waals surface area contributed by atoms with Crippen molar-refractivity contribution in [3.8, 4) is 5.75 Å². The molecule has 0 aliphatic carbocycles. The summed E-state index contributed by atoms with van der Waals surface area (Å²) in [6.45, 7) is 8.60. The smallest absolute Gasteiger partial charge is 0.129 e. The van der Waals surface area contributed by atoms with Gasteiger partial charge in [0.25, 0.3) is 0 Å². The van der Waals surface area contributed by atoms with Crippen LogP contribution >= 0.6 is 11.6 Å². The van der Waals surface area contributed by atoms with Gasteiger partial charge in [-0.05, 0) is 57.0 Å². The first kappa shape index (κ1) is 18.5. The minimum Gasteiger partial charge on any atom is -0.496 e. The lowest BCUT2D eigenvalue weighted by Crippen LogP contribution is -2.42. The van der Waals surface area contributed by atoms with Crippen LogP contribution in [0, 0.1) is 6.92 Å². The van der Waals surface area contributed by atoms with E-state index in [0.29, 0.717) is 5.02 Å². The van der Waals surface area contributed by atoms with Gasteiger partial charge in [0.15, 0.2) is 0 Å². The minimum atomic E-state index is -0.0321. The average molecular weight is 369 g/mol. The Morgan fingerprint density at radius 2 is 1.88 bits per heavy atom. The number of aryl methyl sites for hydroxylation is 1. The van der Waals surface area contributed by atoms with Gasteiger partial charge >= 0.3 is 0 Å². The van der Waals surface area contributed by atoms with Crippen LogP contribution in [0.15, 0.2) is 41.4 Å². The number of methoxy groups -OCH3 is 1. The van der Waals surface area contributed by atoms with Gasteiger partial charge < -0.3 is 9.64 Å². The Hall–Kier alpha value is -2.26. The minimum absolute atomic E-state index is 0.0321. The van der Waals surface area contributed by atoms with Crippen molar-refractivity contribution in [2.24, 2.45) is 4.99 Å². The number of benzene rings is 2. The molecular weight excluding hydrogens is 344 g/mol. The van der Waals surface area contributed by atoms with Crippen LogP contribution in [-0.4, -0.2) is 25.9 Å². The maximum Gasteiger partial charge on any atom is 0.129 e. The number of rotatable bonds is 3. The molecule has 0 saturated carbocycles. The molecule has 0 fully saturated rings. The average Bonchev–Trinajstić information content (AvgIpc) is 2.59. The van der Waals surface area contributed by atoms with E-state index in [2.05, 4.69) is 55.9 Å². The lowest BCUT2D eigenvalue weighted by molar-refractivity contribution is 0.414.